The van der Waals surface area contributed by atoms with Crippen LogP contribution in [0.5, 0.6) is 5.75 Å². The Morgan fingerprint density at radius 1 is 1.21 bits per heavy atom. The number of fused-ring (bicyclic) bond motifs is 2. The molecule has 0 saturated carbocycles. The summed E-state index contributed by atoms with van der Waals surface area (Å²) < 4.78 is 15.9. The fourth-order valence-electron chi connectivity index (χ4n) is 2.74. The van der Waals surface area contributed by atoms with Crippen LogP contribution in [0.3, 0.4) is 0 Å². The van der Waals surface area contributed by atoms with Crippen molar-refractivity contribution in [3.63, 3.8) is 0 Å². The zero-order chi connectivity index (χ0) is 16.9. The Labute approximate surface area is 137 Å². The van der Waals surface area contributed by atoms with Crippen LogP contribution in [-0.4, -0.2) is 33.2 Å². The molecule has 0 atom stereocenters. The molecule has 0 N–H and O–H groups in total. The maximum absolute atomic E-state index is 12.4. The molecular formula is C16H15N4O4-. The van der Waals surface area contributed by atoms with Gasteiger partial charge in [-0.3, -0.25) is 5.01 Å². The standard InChI is InChI=1S/C16H15N4O4/c1-16(2)8-14(19-5-4-10(22-3)9-20(19)21)11-6-12-13(18-24-17-12)7-15(11)23-16/h4-9H,1-3H3/q-1. The van der Waals surface area contributed by atoms with Crippen molar-refractivity contribution in [2.45, 2.75) is 19.4 Å². The molecule has 2 aromatic rings. The van der Waals surface area contributed by atoms with E-state index >= 15 is 0 Å². The van der Waals surface area contributed by atoms with Gasteiger partial charge in [-0.05, 0) is 42.4 Å². The summed E-state index contributed by atoms with van der Waals surface area (Å²) in [5, 5.41) is 22.3. The molecule has 2 aliphatic rings. The van der Waals surface area contributed by atoms with E-state index in [1.165, 1.54) is 18.3 Å². The Bertz CT molecular complexity index is 897. The summed E-state index contributed by atoms with van der Waals surface area (Å²) in [6.07, 6.45) is 6.61. The van der Waals surface area contributed by atoms with Crippen molar-refractivity contribution in [1.82, 2.24) is 20.5 Å². The minimum Gasteiger partial charge on any atom is -0.739 e. The Morgan fingerprint density at radius 2 is 1.96 bits per heavy atom. The largest absolute Gasteiger partial charge is 0.739 e. The molecular weight excluding hydrogens is 312 g/mol. The summed E-state index contributed by atoms with van der Waals surface area (Å²) in [5.41, 5.74) is 2.02. The van der Waals surface area contributed by atoms with Gasteiger partial charge in [-0.2, -0.15) is 0 Å². The number of nitrogens with zero attached hydrogens (tertiary/aromatic N) is 4. The smallest absolute Gasteiger partial charge is 0.138 e. The fraction of sp³-hybridized carbons (Fsp3) is 0.250. The lowest BCUT2D eigenvalue weighted by Crippen LogP contribution is -2.37. The molecule has 124 valence electrons. The summed E-state index contributed by atoms with van der Waals surface area (Å²) in [4.78, 5) is 0. The van der Waals surface area contributed by atoms with Crippen LogP contribution in [0.4, 0.5) is 0 Å². The summed E-state index contributed by atoms with van der Waals surface area (Å²) in [5.74, 6) is 1.09. The predicted octanol–water partition coefficient (Wildman–Crippen LogP) is 2.77. The summed E-state index contributed by atoms with van der Waals surface area (Å²) in [6.45, 7) is 3.83. The number of hydrogen-bond donors (Lipinski definition) is 0. The number of benzene rings is 1. The Morgan fingerprint density at radius 3 is 2.67 bits per heavy atom. The van der Waals surface area contributed by atoms with Gasteiger partial charge in [-0.15, -0.1) is 0 Å². The average Bonchev–Trinajstić information content (AvgIpc) is 2.98. The first kappa shape index (κ1) is 14.6. The van der Waals surface area contributed by atoms with E-state index < -0.39 is 5.60 Å². The van der Waals surface area contributed by atoms with Crippen LogP contribution in [0.25, 0.3) is 16.7 Å². The van der Waals surface area contributed by atoms with Crippen LogP contribution in [0.1, 0.15) is 19.4 Å². The van der Waals surface area contributed by atoms with Crippen LogP contribution in [0.2, 0.25) is 0 Å². The zero-order valence-electron chi connectivity index (χ0n) is 13.4. The van der Waals surface area contributed by atoms with Gasteiger partial charge in [0.25, 0.3) is 0 Å². The van der Waals surface area contributed by atoms with Crippen molar-refractivity contribution >= 4 is 16.7 Å². The summed E-state index contributed by atoms with van der Waals surface area (Å²) >= 11 is 0. The molecule has 0 bridgehead atoms. The van der Waals surface area contributed by atoms with Crippen molar-refractivity contribution in [1.29, 1.82) is 0 Å². The molecule has 4 rings (SSSR count). The number of hydroxylamine groups is 1. The SMILES string of the molecule is COC1=CN([O-])N(C2=CC(C)(C)Oc3cc4nonc4cc32)C=C1. The zero-order valence-corrected chi connectivity index (χ0v) is 13.4. The molecule has 8 nitrogen and oxygen atoms in total. The number of aromatic nitrogens is 2. The molecule has 0 saturated heterocycles. The molecule has 24 heavy (non-hydrogen) atoms. The highest BCUT2D eigenvalue weighted by atomic mass is 16.6. The molecule has 1 aromatic heterocycles. The van der Waals surface area contributed by atoms with Gasteiger partial charge in [0.1, 0.15) is 28.1 Å². The van der Waals surface area contributed by atoms with Crippen molar-refractivity contribution in [2.24, 2.45) is 0 Å². The molecule has 2 aliphatic heterocycles. The first-order valence-electron chi connectivity index (χ1n) is 7.35. The summed E-state index contributed by atoms with van der Waals surface area (Å²) in [6, 6.07) is 3.55. The number of ether oxygens (including phenoxy) is 2. The highest BCUT2D eigenvalue weighted by molar-refractivity contribution is 5.84. The van der Waals surface area contributed by atoms with Gasteiger partial charge in [0.2, 0.25) is 0 Å². The van der Waals surface area contributed by atoms with Crippen LogP contribution in [-0.2, 0) is 4.74 Å². The number of allylic oxidation sites excluding steroid dienone is 1. The van der Waals surface area contributed by atoms with E-state index in [4.69, 9.17) is 14.1 Å². The topological polar surface area (TPSA) is 86.9 Å². The van der Waals surface area contributed by atoms with E-state index in [1.807, 2.05) is 19.9 Å². The molecule has 0 radical (unpaired) electrons. The molecule has 0 fully saturated rings. The van der Waals surface area contributed by atoms with Crippen LogP contribution < -0.4 is 4.74 Å². The molecule has 0 aliphatic carbocycles. The minimum absolute atomic E-state index is 0.476. The van der Waals surface area contributed by atoms with E-state index in [-0.39, 0.29) is 0 Å². The Hall–Kier alpha value is -3.00. The van der Waals surface area contributed by atoms with Crippen molar-refractivity contribution in [3.8, 4) is 5.75 Å². The van der Waals surface area contributed by atoms with Gasteiger partial charge in [-0.1, -0.05) is 0 Å². The molecule has 3 heterocycles. The maximum atomic E-state index is 12.4. The van der Waals surface area contributed by atoms with Crippen LogP contribution in [0.15, 0.2) is 47.1 Å². The lowest BCUT2D eigenvalue weighted by molar-refractivity contribution is 0.144. The molecule has 8 heteroatoms. The quantitative estimate of drug-likeness (QED) is 0.832. The lowest BCUT2D eigenvalue weighted by atomic mass is 9.98. The van der Waals surface area contributed by atoms with E-state index in [0.29, 0.717) is 33.4 Å². The van der Waals surface area contributed by atoms with Crippen LogP contribution in [0, 0.1) is 5.21 Å². The third-order valence-electron chi connectivity index (χ3n) is 3.80. The van der Waals surface area contributed by atoms with E-state index in [9.17, 15) is 5.21 Å². The fourth-order valence-corrected chi connectivity index (χ4v) is 2.74. The number of rotatable bonds is 2. The second-order valence-corrected chi connectivity index (χ2v) is 6.03. The average molecular weight is 327 g/mol. The highest BCUT2D eigenvalue weighted by Gasteiger charge is 2.30. The van der Waals surface area contributed by atoms with Gasteiger partial charge in [0.05, 0.1) is 19.0 Å². The predicted molar refractivity (Wildman–Crippen MR) is 85.8 cm³/mol. The van der Waals surface area contributed by atoms with Crippen molar-refractivity contribution in [3.05, 3.63) is 53.2 Å². The van der Waals surface area contributed by atoms with E-state index in [2.05, 4.69) is 10.3 Å². The minimum atomic E-state index is -0.590. The highest BCUT2D eigenvalue weighted by Crippen LogP contribution is 2.40. The van der Waals surface area contributed by atoms with Crippen molar-refractivity contribution < 1.29 is 14.1 Å². The first-order chi connectivity index (χ1) is 11.5. The van der Waals surface area contributed by atoms with E-state index in [0.717, 1.165) is 5.56 Å². The van der Waals surface area contributed by atoms with Gasteiger partial charge < -0.3 is 19.9 Å². The van der Waals surface area contributed by atoms with Gasteiger partial charge >= 0.3 is 0 Å². The number of methoxy groups -OCH3 is 1. The van der Waals surface area contributed by atoms with E-state index in [1.54, 1.807) is 24.4 Å². The van der Waals surface area contributed by atoms with Gasteiger partial charge in [0.15, 0.2) is 0 Å². The number of hydrazine groups is 1. The first-order valence-corrected chi connectivity index (χ1v) is 7.35. The lowest BCUT2D eigenvalue weighted by Gasteiger charge is -2.44. The van der Waals surface area contributed by atoms with Gasteiger partial charge in [-0.25, -0.2) is 4.63 Å². The number of hydrogen-bond acceptors (Lipinski definition) is 8. The third kappa shape index (κ3) is 2.28. The van der Waals surface area contributed by atoms with Gasteiger partial charge in [0, 0.05) is 17.8 Å². The summed E-state index contributed by atoms with van der Waals surface area (Å²) in [7, 11) is 1.51. The molecule has 0 amide bonds. The van der Waals surface area contributed by atoms with Crippen LogP contribution >= 0.6 is 0 Å². The normalized spacial score (nSPS) is 18.8. The monoisotopic (exact) mass is 327 g/mol. The third-order valence-corrected chi connectivity index (χ3v) is 3.80. The molecule has 0 unspecified atom stereocenters. The molecule has 0 spiro atoms. The molecule has 1 aromatic carbocycles. The Balaban J connectivity index is 1.84. The second kappa shape index (κ2) is 5.00. The second-order valence-electron chi connectivity index (χ2n) is 6.03. The maximum Gasteiger partial charge on any atom is 0.138 e. The Kier molecular flexibility index (Phi) is 3.04. The van der Waals surface area contributed by atoms with Crippen molar-refractivity contribution in [2.75, 3.05) is 7.11 Å².